The molecule has 0 saturated heterocycles. The monoisotopic (exact) mass is 251 g/mol. The van der Waals surface area contributed by atoms with Gasteiger partial charge in [0.15, 0.2) is 5.82 Å². The molecular weight excluding hydrogens is 226 g/mol. The largest absolute Gasteiger partial charge is 0.373 e. The highest BCUT2D eigenvalue weighted by Crippen LogP contribution is 2.22. The second-order valence-corrected chi connectivity index (χ2v) is 5.13. The van der Waals surface area contributed by atoms with Crippen LogP contribution in [0.1, 0.15) is 50.5 Å². The molecule has 1 aromatic rings. The minimum atomic E-state index is -0.0542. The van der Waals surface area contributed by atoms with Gasteiger partial charge in [0.2, 0.25) is 0 Å². The number of nitrogens with zero attached hydrogens (tertiary/aromatic N) is 2. The fourth-order valence-electron chi connectivity index (χ4n) is 1.98. The lowest BCUT2D eigenvalue weighted by Gasteiger charge is -2.19. The van der Waals surface area contributed by atoms with E-state index in [-0.39, 0.29) is 12.1 Å². The Morgan fingerprint density at radius 1 is 1.33 bits per heavy atom. The Kier molecular flexibility index (Phi) is 5.69. The highest BCUT2D eigenvalue weighted by Gasteiger charge is 2.19. The van der Waals surface area contributed by atoms with Crippen LogP contribution in [0, 0.1) is 12.8 Å². The Morgan fingerprint density at radius 3 is 2.50 bits per heavy atom. The Bertz CT molecular complexity index is 379. The molecule has 18 heavy (non-hydrogen) atoms. The minimum Gasteiger partial charge on any atom is -0.373 e. The van der Waals surface area contributed by atoms with Gasteiger partial charge in [-0.1, -0.05) is 20.8 Å². The number of hydrogen-bond acceptors (Lipinski definition) is 4. The third-order valence-corrected chi connectivity index (χ3v) is 3.03. The summed E-state index contributed by atoms with van der Waals surface area (Å²) >= 11 is 0. The van der Waals surface area contributed by atoms with E-state index in [0.717, 1.165) is 30.1 Å². The second kappa shape index (κ2) is 6.81. The lowest BCUT2D eigenvalue weighted by molar-refractivity contribution is 0.0571. The first-order valence-electron chi connectivity index (χ1n) is 6.60. The summed E-state index contributed by atoms with van der Waals surface area (Å²) in [6.07, 6.45) is 1.69. The number of rotatable bonds is 6. The van der Waals surface area contributed by atoms with Crippen molar-refractivity contribution < 1.29 is 4.74 Å². The quantitative estimate of drug-likeness (QED) is 0.843. The van der Waals surface area contributed by atoms with Gasteiger partial charge in [0.05, 0.1) is 0 Å². The molecule has 102 valence electrons. The van der Waals surface area contributed by atoms with E-state index in [1.54, 1.807) is 7.11 Å². The van der Waals surface area contributed by atoms with Gasteiger partial charge in [0.25, 0.3) is 0 Å². The Labute approximate surface area is 110 Å². The van der Waals surface area contributed by atoms with Gasteiger partial charge in [0, 0.05) is 31.0 Å². The van der Waals surface area contributed by atoms with Crippen LogP contribution < -0.4 is 5.73 Å². The van der Waals surface area contributed by atoms with Crippen LogP contribution in [0.2, 0.25) is 0 Å². The van der Waals surface area contributed by atoms with E-state index in [0.29, 0.717) is 5.92 Å². The number of ether oxygens (including phenoxy) is 1. The molecule has 2 unspecified atom stereocenters. The summed E-state index contributed by atoms with van der Waals surface area (Å²) in [5.74, 6) is 1.12. The first kappa shape index (κ1) is 15.1. The van der Waals surface area contributed by atoms with Gasteiger partial charge in [-0.15, -0.1) is 0 Å². The third kappa shape index (κ3) is 4.03. The first-order chi connectivity index (χ1) is 8.47. The maximum atomic E-state index is 5.98. The molecule has 0 bridgehead atoms. The van der Waals surface area contributed by atoms with Crippen molar-refractivity contribution >= 4 is 0 Å². The van der Waals surface area contributed by atoms with E-state index in [1.807, 2.05) is 13.0 Å². The van der Waals surface area contributed by atoms with Gasteiger partial charge in [-0.05, 0) is 25.3 Å². The Morgan fingerprint density at radius 2 is 2.00 bits per heavy atom. The predicted molar refractivity (Wildman–Crippen MR) is 73.3 cm³/mol. The lowest BCUT2D eigenvalue weighted by atomic mass is 10.1. The summed E-state index contributed by atoms with van der Waals surface area (Å²) in [5.41, 5.74) is 7.96. The third-order valence-electron chi connectivity index (χ3n) is 3.03. The Balaban J connectivity index is 2.99. The van der Waals surface area contributed by atoms with Crippen LogP contribution >= 0.6 is 0 Å². The Hall–Kier alpha value is -1.00. The van der Waals surface area contributed by atoms with E-state index >= 15 is 0 Å². The van der Waals surface area contributed by atoms with Crippen molar-refractivity contribution in [2.24, 2.45) is 11.7 Å². The number of nitrogens with two attached hydrogens (primary N) is 1. The summed E-state index contributed by atoms with van der Waals surface area (Å²) in [7, 11) is 1.70. The first-order valence-corrected chi connectivity index (χ1v) is 6.60. The molecule has 0 saturated carbocycles. The van der Waals surface area contributed by atoms with Crippen LogP contribution in [0.15, 0.2) is 6.07 Å². The van der Waals surface area contributed by atoms with Gasteiger partial charge in [-0.2, -0.15) is 0 Å². The minimum absolute atomic E-state index is 0.0542. The molecule has 2 N–H and O–H groups in total. The summed E-state index contributed by atoms with van der Waals surface area (Å²) < 4.78 is 5.48. The van der Waals surface area contributed by atoms with Crippen molar-refractivity contribution in [1.29, 1.82) is 0 Å². The van der Waals surface area contributed by atoms with Crippen LogP contribution in [0.3, 0.4) is 0 Å². The maximum absolute atomic E-state index is 5.98. The molecule has 4 heteroatoms. The van der Waals surface area contributed by atoms with Gasteiger partial charge in [-0.25, -0.2) is 9.97 Å². The molecule has 0 aliphatic heterocycles. The zero-order valence-electron chi connectivity index (χ0n) is 12.1. The number of aromatic nitrogens is 2. The molecule has 0 amide bonds. The van der Waals surface area contributed by atoms with E-state index in [1.165, 1.54) is 0 Å². The fraction of sp³-hybridized carbons (Fsp3) is 0.714. The fourth-order valence-corrected chi connectivity index (χ4v) is 1.98. The van der Waals surface area contributed by atoms with Crippen molar-refractivity contribution in [3.05, 3.63) is 23.3 Å². The average molecular weight is 251 g/mol. The van der Waals surface area contributed by atoms with Gasteiger partial charge in [-0.3, -0.25) is 0 Å². The molecule has 1 heterocycles. The maximum Gasteiger partial charge on any atom is 0.157 e. The zero-order valence-corrected chi connectivity index (χ0v) is 12.1. The van der Waals surface area contributed by atoms with Crippen molar-refractivity contribution in [3.8, 4) is 0 Å². The van der Waals surface area contributed by atoms with Gasteiger partial charge in [0.1, 0.15) is 6.10 Å². The number of hydrogen-bond donors (Lipinski definition) is 1. The molecule has 0 aliphatic rings. The van der Waals surface area contributed by atoms with Gasteiger partial charge >= 0.3 is 0 Å². The van der Waals surface area contributed by atoms with E-state index < -0.39 is 0 Å². The molecule has 0 radical (unpaired) electrons. The summed E-state index contributed by atoms with van der Waals surface area (Å²) in [4.78, 5) is 9.08. The highest BCUT2D eigenvalue weighted by molar-refractivity contribution is 5.12. The molecule has 0 fully saturated rings. The van der Waals surface area contributed by atoms with E-state index in [2.05, 4.69) is 30.7 Å². The molecule has 4 nitrogen and oxygen atoms in total. The number of aryl methyl sites for hydroxylation is 1. The van der Waals surface area contributed by atoms with Crippen LogP contribution in [0.4, 0.5) is 0 Å². The predicted octanol–water partition coefficient (Wildman–Crippen LogP) is 2.41. The van der Waals surface area contributed by atoms with Crippen LogP contribution in [0.5, 0.6) is 0 Å². The SMILES string of the molecule is CCC(N)Cc1cc(C)nc(C(OC)C(C)C)n1. The van der Waals surface area contributed by atoms with Crippen molar-refractivity contribution in [3.63, 3.8) is 0 Å². The molecule has 1 aromatic heterocycles. The molecular formula is C14H25N3O. The standard InChI is InChI=1S/C14H25N3O/c1-6-11(15)8-12-7-10(4)16-14(17-12)13(18-5)9(2)3/h7,9,11,13H,6,8,15H2,1-5H3. The molecule has 0 spiro atoms. The molecule has 0 aromatic carbocycles. The van der Waals surface area contributed by atoms with Crippen molar-refractivity contribution in [1.82, 2.24) is 9.97 Å². The lowest BCUT2D eigenvalue weighted by Crippen LogP contribution is -2.23. The normalized spacial score (nSPS) is 14.8. The topological polar surface area (TPSA) is 61.0 Å². The summed E-state index contributed by atoms with van der Waals surface area (Å²) in [6.45, 7) is 8.29. The van der Waals surface area contributed by atoms with Crippen LogP contribution in [0.25, 0.3) is 0 Å². The summed E-state index contributed by atoms with van der Waals surface area (Å²) in [5, 5.41) is 0. The van der Waals surface area contributed by atoms with Crippen molar-refractivity contribution in [2.45, 2.75) is 52.7 Å². The second-order valence-electron chi connectivity index (χ2n) is 5.13. The van der Waals surface area contributed by atoms with Gasteiger partial charge < -0.3 is 10.5 Å². The average Bonchev–Trinajstić information content (AvgIpc) is 2.28. The van der Waals surface area contributed by atoms with E-state index in [9.17, 15) is 0 Å². The van der Waals surface area contributed by atoms with Crippen molar-refractivity contribution in [2.75, 3.05) is 7.11 Å². The van der Waals surface area contributed by atoms with E-state index in [4.69, 9.17) is 10.5 Å². The molecule has 0 aliphatic carbocycles. The molecule has 2 atom stereocenters. The van der Waals surface area contributed by atoms with Crippen LogP contribution in [-0.2, 0) is 11.2 Å². The van der Waals surface area contributed by atoms with Crippen LogP contribution in [-0.4, -0.2) is 23.1 Å². The highest BCUT2D eigenvalue weighted by atomic mass is 16.5. The summed E-state index contributed by atoms with van der Waals surface area (Å²) in [6, 6.07) is 2.17. The molecule has 1 rings (SSSR count). The smallest absolute Gasteiger partial charge is 0.157 e. The number of methoxy groups -OCH3 is 1. The zero-order chi connectivity index (χ0) is 13.7.